The molecule has 0 fully saturated rings. The van der Waals surface area contributed by atoms with Gasteiger partial charge in [-0.1, -0.05) is 30.3 Å². The first kappa shape index (κ1) is 15.5. The van der Waals surface area contributed by atoms with Gasteiger partial charge in [0.1, 0.15) is 5.82 Å². The molecule has 1 aliphatic rings. The molecular weight excluding hydrogens is 308 g/mol. The molecule has 4 nitrogen and oxygen atoms in total. The number of fused-ring (bicyclic) bond motifs is 2. The molecule has 0 amide bonds. The number of aromatic nitrogens is 2. The third kappa shape index (κ3) is 2.33. The van der Waals surface area contributed by atoms with Gasteiger partial charge < -0.3 is 9.80 Å². The minimum absolute atomic E-state index is 1.17. The summed E-state index contributed by atoms with van der Waals surface area (Å²) in [5, 5.41) is 0. The van der Waals surface area contributed by atoms with Crippen molar-refractivity contribution in [1.82, 2.24) is 4.57 Å². The molecular formula is C21H23N4+. The Morgan fingerprint density at radius 3 is 2.08 bits per heavy atom. The van der Waals surface area contributed by atoms with E-state index < -0.39 is 0 Å². The number of benzene rings is 2. The van der Waals surface area contributed by atoms with Crippen LogP contribution in [0.15, 0.2) is 66.5 Å². The van der Waals surface area contributed by atoms with Crippen molar-refractivity contribution in [3.8, 4) is 0 Å². The second kappa shape index (κ2) is 5.81. The summed E-state index contributed by atoms with van der Waals surface area (Å²) >= 11 is 0. The van der Waals surface area contributed by atoms with Crippen LogP contribution in [0.4, 0.5) is 11.4 Å². The summed E-state index contributed by atoms with van der Waals surface area (Å²) in [4.78, 5) is 4.45. The quantitative estimate of drug-likeness (QED) is 0.668. The number of hydrogen-bond donors (Lipinski definition) is 0. The van der Waals surface area contributed by atoms with Gasteiger partial charge in [-0.05, 0) is 30.3 Å². The highest BCUT2D eigenvalue weighted by Crippen LogP contribution is 2.38. The Morgan fingerprint density at radius 1 is 0.840 bits per heavy atom. The Bertz CT molecular complexity index is 940. The third-order valence-electron chi connectivity index (χ3n) is 5.07. The minimum atomic E-state index is 1.17. The van der Waals surface area contributed by atoms with Gasteiger partial charge >= 0.3 is 0 Å². The van der Waals surface area contributed by atoms with Gasteiger partial charge in [0.25, 0.3) is 5.82 Å². The maximum Gasteiger partial charge on any atom is 0.281 e. The van der Waals surface area contributed by atoms with Gasteiger partial charge in [-0.3, -0.25) is 0 Å². The molecule has 3 aromatic rings. The van der Waals surface area contributed by atoms with E-state index in [-0.39, 0.29) is 0 Å². The van der Waals surface area contributed by atoms with Crippen molar-refractivity contribution in [3.05, 3.63) is 72.3 Å². The van der Waals surface area contributed by atoms with Crippen molar-refractivity contribution in [2.24, 2.45) is 14.1 Å². The Balaban J connectivity index is 1.69. The fourth-order valence-electron chi connectivity index (χ4n) is 3.67. The van der Waals surface area contributed by atoms with Crippen LogP contribution in [-0.2, 0) is 14.1 Å². The van der Waals surface area contributed by atoms with Crippen LogP contribution in [0.2, 0.25) is 0 Å². The summed E-state index contributed by atoms with van der Waals surface area (Å²) in [5.41, 5.74) is 4.94. The zero-order chi connectivity index (χ0) is 17.6. The van der Waals surface area contributed by atoms with E-state index in [1.807, 2.05) is 0 Å². The number of hydrogen-bond acceptors (Lipinski definition) is 2. The number of anilines is 2. The van der Waals surface area contributed by atoms with E-state index >= 15 is 0 Å². The highest BCUT2D eigenvalue weighted by atomic mass is 15.4. The highest BCUT2D eigenvalue weighted by molar-refractivity contribution is 5.82. The minimum Gasteiger partial charge on any atom is -0.329 e. The van der Waals surface area contributed by atoms with Crippen LogP contribution in [0, 0.1) is 0 Å². The van der Waals surface area contributed by atoms with Crippen LogP contribution in [0.5, 0.6) is 0 Å². The lowest BCUT2D eigenvalue weighted by Crippen LogP contribution is -2.30. The average Bonchev–Trinajstić information content (AvgIpc) is 3.03. The highest BCUT2D eigenvalue weighted by Gasteiger charge is 2.24. The Labute approximate surface area is 148 Å². The van der Waals surface area contributed by atoms with Crippen molar-refractivity contribution in [2.45, 2.75) is 0 Å². The van der Waals surface area contributed by atoms with Gasteiger partial charge in [0.05, 0.1) is 25.5 Å². The maximum absolute atomic E-state index is 2.22. The fraction of sp³-hybridized carbons (Fsp3) is 0.190. The van der Waals surface area contributed by atoms with Crippen LogP contribution in [0.25, 0.3) is 17.1 Å². The van der Waals surface area contributed by atoms with Gasteiger partial charge in [0, 0.05) is 20.2 Å². The molecule has 0 spiro atoms. The van der Waals surface area contributed by atoms with E-state index in [2.05, 4.69) is 114 Å². The summed E-state index contributed by atoms with van der Waals surface area (Å²) in [6, 6.07) is 16.9. The Morgan fingerprint density at radius 2 is 1.44 bits per heavy atom. The topological polar surface area (TPSA) is 15.3 Å². The number of allylic oxidation sites excluding steroid dienone is 2. The van der Waals surface area contributed by atoms with Gasteiger partial charge in [0.2, 0.25) is 0 Å². The summed E-state index contributed by atoms with van der Waals surface area (Å²) < 4.78 is 4.45. The average molecular weight is 331 g/mol. The first-order chi connectivity index (χ1) is 12.1. The molecule has 0 N–H and O–H groups in total. The lowest BCUT2D eigenvalue weighted by atomic mass is 10.3. The monoisotopic (exact) mass is 331 g/mol. The first-order valence-electron chi connectivity index (χ1n) is 8.48. The fourth-order valence-corrected chi connectivity index (χ4v) is 3.67. The normalized spacial score (nSPS) is 14.0. The molecule has 0 saturated heterocycles. The van der Waals surface area contributed by atoms with E-state index in [0.29, 0.717) is 0 Å². The molecule has 0 saturated carbocycles. The molecule has 25 heavy (non-hydrogen) atoms. The molecule has 4 rings (SSSR count). The second-order valence-electron chi connectivity index (χ2n) is 6.46. The van der Waals surface area contributed by atoms with Gasteiger partial charge in [-0.15, -0.1) is 0 Å². The van der Waals surface area contributed by atoms with E-state index in [1.165, 1.54) is 34.1 Å². The largest absolute Gasteiger partial charge is 0.329 e. The predicted octanol–water partition coefficient (Wildman–Crippen LogP) is 3.44. The zero-order valence-corrected chi connectivity index (χ0v) is 15.1. The lowest BCUT2D eigenvalue weighted by Gasteiger charge is -2.17. The molecule has 2 aromatic carbocycles. The van der Waals surface area contributed by atoms with Crippen molar-refractivity contribution >= 4 is 28.5 Å². The van der Waals surface area contributed by atoms with Crippen LogP contribution in [-0.4, -0.2) is 18.7 Å². The predicted molar refractivity (Wildman–Crippen MR) is 104 cm³/mol. The zero-order valence-electron chi connectivity index (χ0n) is 15.1. The molecule has 4 heteroatoms. The van der Waals surface area contributed by atoms with Crippen LogP contribution >= 0.6 is 0 Å². The first-order valence-corrected chi connectivity index (χ1v) is 8.48. The summed E-state index contributed by atoms with van der Waals surface area (Å²) in [6.45, 7) is 0. The molecule has 126 valence electrons. The number of imidazole rings is 1. The van der Waals surface area contributed by atoms with Crippen molar-refractivity contribution < 1.29 is 4.57 Å². The van der Waals surface area contributed by atoms with Gasteiger partial charge in [0.15, 0.2) is 11.0 Å². The summed E-state index contributed by atoms with van der Waals surface area (Å²) in [6.07, 6.45) is 6.46. The molecule has 1 aliphatic heterocycles. The van der Waals surface area contributed by atoms with Crippen molar-refractivity contribution in [2.75, 3.05) is 23.9 Å². The lowest BCUT2D eigenvalue weighted by molar-refractivity contribution is -0.647. The molecule has 0 bridgehead atoms. The van der Waals surface area contributed by atoms with Crippen LogP contribution in [0.1, 0.15) is 5.82 Å². The molecule has 0 atom stereocenters. The smallest absolute Gasteiger partial charge is 0.281 e. The summed E-state index contributed by atoms with van der Waals surface area (Å²) in [7, 11) is 8.44. The molecule has 0 unspecified atom stereocenters. The van der Waals surface area contributed by atoms with E-state index in [0.717, 1.165) is 0 Å². The number of aryl methyl sites for hydroxylation is 2. The Hall–Kier alpha value is -3.01. The van der Waals surface area contributed by atoms with Crippen molar-refractivity contribution in [1.29, 1.82) is 0 Å². The number of para-hydroxylation sites is 4. The second-order valence-corrected chi connectivity index (χ2v) is 6.46. The van der Waals surface area contributed by atoms with E-state index in [9.17, 15) is 0 Å². The van der Waals surface area contributed by atoms with Gasteiger partial charge in [-0.2, -0.15) is 0 Å². The summed E-state index contributed by atoms with van der Waals surface area (Å²) in [5.74, 6) is 2.33. The SMILES string of the molecule is CN1C(=C/C=C/c2n(C)c3ccccc3[n+]2C)N(C)c2ccccc21. The molecule has 0 aliphatic carbocycles. The van der Waals surface area contributed by atoms with E-state index in [1.54, 1.807) is 0 Å². The molecule has 1 aromatic heterocycles. The third-order valence-corrected chi connectivity index (χ3v) is 5.07. The van der Waals surface area contributed by atoms with Crippen LogP contribution < -0.4 is 14.4 Å². The van der Waals surface area contributed by atoms with E-state index in [4.69, 9.17) is 0 Å². The standard InChI is InChI=1S/C21H23N4/c1-22-16-10-5-6-11-17(16)23(2)20(22)14-9-15-21-24(3)18-12-7-8-13-19(18)25(21)4/h5-15H,1-4H3/q+1. The molecule has 0 radical (unpaired) electrons. The number of nitrogens with zero attached hydrogens (tertiary/aromatic N) is 4. The van der Waals surface area contributed by atoms with Crippen LogP contribution in [0.3, 0.4) is 0 Å². The number of rotatable bonds is 2. The maximum atomic E-state index is 2.22. The Kier molecular flexibility index (Phi) is 3.61. The van der Waals surface area contributed by atoms with Crippen molar-refractivity contribution in [3.63, 3.8) is 0 Å². The van der Waals surface area contributed by atoms with Gasteiger partial charge in [-0.25, -0.2) is 9.13 Å². The molecule has 2 heterocycles.